The van der Waals surface area contributed by atoms with Crippen molar-refractivity contribution in [2.75, 3.05) is 26.1 Å². The molecular weight excluding hydrogens is 344 g/mol. The van der Waals surface area contributed by atoms with Crippen LogP contribution in [0.3, 0.4) is 0 Å². The van der Waals surface area contributed by atoms with E-state index in [1.807, 2.05) is 18.2 Å². The zero-order valence-electron chi connectivity index (χ0n) is 16.0. The molecule has 0 amide bonds. The number of aryl methyl sites for hydroxylation is 1. The average Bonchev–Trinajstić information content (AvgIpc) is 2.65. The maximum Gasteiger partial charge on any atom is 0.170 e. The molecule has 2 aromatic rings. The van der Waals surface area contributed by atoms with Gasteiger partial charge in [0.1, 0.15) is 0 Å². The predicted molar refractivity (Wildman–Crippen MR) is 113 cm³/mol. The molecule has 2 aromatic carbocycles. The Hall–Kier alpha value is -2.27. The third-order valence-corrected chi connectivity index (χ3v) is 4.46. The number of rotatable bonds is 8. The summed E-state index contributed by atoms with van der Waals surface area (Å²) in [6.45, 7) is 5.25. The van der Waals surface area contributed by atoms with Crippen LogP contribution in [0.4, 0.5) is 5.69 Å². The molecule has 4 nitrogen and oxygen atoms in total. The zero-order valence-corrected chi connectivity index (χ0v) is 16.8. The fraction of sp³-hybridized carbons (Fsp3) is 0.381. The van der Waals surface area contributed by atoms with E-state index in [9.17, 15) is 0 Å². The summed E-state index contributed by atoms with van der Waals surface area (Å²) in [5.41, 5.74) is 3.60. The average molecular weight is 373 g/mol. The Kier molecular flexibility index (Phi) is 7.73. The van der Waals surface area contributed by atoms with Gasteiger partial charge in [-0.25, -0.2) is 0 Å². The molecule has 26 heavy (non-hydrogen) atoms. The quantitative estimate of drug-likeness (QED) is 0.517. The number of thiocarbonyl (C=S) groups is 1. The van der Waals surface area contributed by atoms with Crippen molar-refractivity contribution in [3.63, 3.8) is 0 Å². The highest BCUT2D eigenvalue weighted by atomic mass is 32.1. The smallest absolute Gasteiger partial charge is 0.170 e. The lowest BCUT2D eigenvalue weighted by Crippen LogP contribution is -2.29. The Morgan fingerprint density at radius 1 is 1.00 bits per heavy atom. The molecule has 0 bridgehead atoms. The largest absolute Gasteiger partial charge is 0.493 e. The summed E-state index contributed by atoms with van der Waals surface area (Å²) in [4.78, 5) is 0. The molecule has 0 spiro atoms. The molecule has 2 N–H and O–H groups in total. The molecule has 0 atom stereocenters. The number of nitrogens with one attached hydrogen (secondary N) is 2. The Bertz CT molecular complexity index is 714. The molecule has 0 fully saturated rings. The molecule has 0 unspecified atom stereocenters. The fourth-order valence-corrected chi connectivity index (χ4v) is 2.87. The number of methoxy groups -OCH3 is 2. The minimum atomic E-state index is 0.575. The van der Waals surface area contributed by atoms with Gasteiger partial charge >= 0.3 is 0 Å². The highest BCUT2D eigenvalue weighted by Crippen LogP contribution is 2.29. The Labute approximate surface area is 161 Å². The summed E-state index contributed by atoms with van der Waals surface area (Å²) >= 11 is 5.36. The van der Waals surface area contributed by atoms with E-state index >= 15 is 0 Å². The van der Waals surface area contributed by atoms with Crippen molar-refractivity contribution >= 4 is 23.0 Å². The SMILES string of the molecule is COc1ccc(NC(=S)NCCCc2ccc(C(C)C)cc2)cc1OC. The molecule has 0 aliphatic rings. The van der Waals surface area contributed by atoms with Crippen LogP contribution < -0.4 is 20.1 Å². The first-order chi connectivity index (χ1) is 12.5. The van der Waals surface area contributed by atoms with Gasteiger partial charge in [0.15, 0.2) is 16.6 Å². The van der Waals surface area contributed by atoms with Crippen molar-refractivity contribution in [3.8, 4) is 11.5 Å². The van der Waals surface area contributed by atoms with Crippen LogP contribution in [0.1, 0.15) is 37.3 Å². The van der Waals surface area contributed by atoms with Gasteiger partial charge in [-0.05, 0) is 54.2 Å². The van der Waals surface area contributed by atoms with Gasteiger partial charge in [-0.1, -0.05) is 38.1 Å². The van der Waals surface area contributed by atoms with E-state index in [2.05, 4.69) is 48.7 Å². The summed E-state index contributed by atoms with van der Waals surface area (Å²) in [6, 6.07) is 14.5. The molecule has 5 heteroatoms. The van der Waals surface area contributed by atoms with Crippen molar-refractivity contribution in [1.29, 1.82) is 0 Å². The summed E-state index contributed by atoms with van der Waals surface area (Å²) < 4.78 is 10.5. The first-order valence-corrected chi connectivity index (χ1v) is 9.30. The number of ether oxygens (including phenoxy) is 2. The molecule has 0 heterocycles. The fourth-order valence-electron chi connectivity index (χ4n) is 2.65. The van der Waals surface area contributed by atoms with Crippen molar-refractivity contribution in [1.82, 2.24) is 5.32 Å². The molecule has 2 rings (SSSR count). The van der Waals surface area contributed by atoms with Gasteiger partial charge in [0, 0.05) is 18.3 Å². The van der Waals surface area contributed by atoms with Gasteiger partial charge in [-0.2, -0.15) is 0 Å². The lowest BCUT2D eigenvalue weighted by molar-refractivity contribution is 0.355. The monoisotopic (exact) mass is 372 g/mol. The molecule has 0 aromatic heterocycles. The van der Waals surface area contributed by atoms with E-state index in [0.717, 1.165) is 25.1 Å². The third-order valence-electron chi connectivity index (χ3n) is 4.22. The van der Waals surface area contributed by atoms with E-state index < -0.39 is 0 Å². The summed E-state index contributed by atoms with van der Waals surface area (Å²) in [5.74, 6) is 1.94. The summed E-state index contributed by atoms with van der Waals surface area (Å²) in [6.07, 6.45) is 2.05. The minimum absolute atomic E-state index is 0.575. The molecule has 0 radical (unpaired) electrons. The third kappa shape index (κ3) is 5.92. The van der Waals surface area contributed by atoms with Gasteiger partial charge in [0.05, 0.1) is 14.2 Å². The van der Waals surface area contributed by atoms with E-state index in [-0.39, 0.29) is 0 Å². The van der Waals surface area contributed by atoms with Crippen LogP contribution in [0, 0.1) is 0 Å². The number of anilines is 1. The predicted octanol–water partition coefficient (Wildman–Crippen LogP) is 4.75. The van der Waals surface area contributed by atoms with Crippen LogP contribution >= 0.6 is 12.2 Å². The normalized spacial score (nSPS) is 10.5. The van der Waals surface area contributed by atoms with Crippen LogP contribution in [-0.2, 0) is 6.42 Å². The highest BCUT2D eigenvalue weighted by Gasteiger charge is 2.05. The highest BCUT2D eigenvalue weighted by molar-refractivity contribution is 7.80. The number of benzene rings is 2. The molecule has 0 saturated heterocycles. The Balaban J connectivity index is 1.75. The second-order valence-corrected chi connectivity index (χ2v) is 6.86. The molecule has 0 saturated carbocycles. The first kappa shape index (κ1) is 20.0. The standard InChI is InChI=1S/C21H28N2O2S/c1-15(2)17-9-7-16(8-10-17)6-5-13-22-21(26)23-18-11-12-19(24-3)20(14-18)25-4/h7-12,14-15H,5-6,13H2,1-4H3,(H2,22,23,26). The van der Waals surface area contributed by atoms with E-state index in [1.165, 1.54) is 11.1 Å². The lowest BCUT2D eigenvalue weighted by Gasteiger charge is -2.13. The maximum atomic E-state index is 5.36. The maximum absolute atomic E-state index is 5.36. The zero-order chi connectivity index (χ0) is 18.9. The minimum Gasteiger partial charge on any atom is -0.493 e. The van der Waals surface area contributed by atoms with Crippen LogP contribution in [0.25, 0.3) is 0 Å². The summed E-state index contributed by atoms with van der Waals surface area (Å²) in [5, 5.41) is 7.02. The van der Waals surface area contributed by atoms with Gasteiger partial charge in [-0.3, -0.25) is 0 Å². The van der Waals surface area contributed by atoms with E-state index in [1.54, 1.807) is 14.2 Å². The topological polar surface area (TPSA) is 42.5 Å². The van der Waals surface area contributed by atoms with Crippen molar-refractivity contribution in [2.45, 2.75) is 32.6 Å². The van der Waals surface area contributed by atoms with Gasteiger partial charge < -0.3 is 20.1 Å². The number of hydrogen-bond donors (Lipinski definition) is 2. The first-order valence-electron chi connectivity index (χ1n) is 8.89. The Morgan fingerprint density at radius 2 is 1.69 bits per heavy atom. The summed E-state index contributed by atoms with van der Waals surface area (Å²) in [7, 11) is 3.24. The van der Waals surface area contributed by atoms with Crippen molar-refractivity contribution in [3.05, 3.63) is 53.6 Å². The van der Waals surface area contributed by atoms with Crippen molar-refractivity contribution in [2.24, 2.45) is 0 Å². The van der Waals surface area contributed by atoms with E-state index in [4.69, 9.17) is 21.7 Å². The van der Waals surface area contributed by atoms with Crippen LogP contribution in [0.2, 0.25) is 0 Å². The van der Waals surface area contributed by atoms with Gasteiger partial charge in [-0.15, -0.1) is 0 Å². The van der Waals surface area contributed by atoms with Crippen LogP contribution in [0.15, 0.2) is 42.5 Å². The molecule has 140 valence electrons. The molecular formula is C21H28N2O2S. The van der Waals surface area contributed by atoms with Crippen LogP contribution in [0.5, 0.6) is 11.5 Å². The Morgan fingerprint density at radius 3 is 2.31 bits per heavy atom. The van der Waals surface area contributed by atoms with Crippen molar-refractivity contribution < 1.29 is 9.47 Å². The van der Waals surface area contributed by atoms with E-state index in [0.29, 0.717) is 22.5 Å². The molecule has 0 aliphatic heterocycles. The molecule has 0 aliphatic carbocycles. The number of hydrogen-bond acceptors (Lipinski definition) is 3. The van der Waals surface area contributed by atoms with Crippen LogP contribution in [-0.4, -0.2) is 25.9 Å². The van der Waals surface area contributed by atoms with Gasteiger partial charge in [0.25, 0.3) is 0 Å². The second kappa shape index (κ2) is 10.0. The van der Waals surface area contributed by atoms with Gasteiger partial charge in [0.2, 0.25) is 0 Å². The lowest BCUT2D eigenvalue weighted by atomic mass is 10.0. The second-order valence-electron chi connectivity index (χ2n) is 6.45.